The van der Waals surface area contributed by atoms with Gasteiger partial charge in [-0.2, -0.15) is 0 Å². The Morgan fingerprint density at radius 2 is 2.12 bits per heavy atom. The third-order valence-corrected chi connectivity index (χ3v) is 3.92. The van der Waals surface area contributed by atoms with Gasteiger partial charge in [0.05, 0.1) is 0 Å². The predicted molar refractivity (Wildman–Crippen MR) is 104 cm³/mol. The molecule has 1 aromatic carbocycles. The van der Waals surface area contributed by atoms with E-state index in [4.69, 9.17) is 0 Å². The van der Waals surface area contributed by atoms with E-state index < -0.39 is 0 Å². The van der Waals surface area contributed by atoms with Gasteiger partial charge in [0.15, 0.2) is 0 Å². The first kappa shape index (κ1) is 17.6. The number of carbonyl (C=O) groups excluding carboxylic acids is 1. The highest BCUT2D eigenvalue weighted by Gasteiger charge is 2.08. The first-order valence-electron chi connectivity index (χ1n) is 8.61. The van der Waals surface area contributed by atoms with E-state index in [0.29, 0.717) is 5.92 Å². The van der Waals surface area contributed by atoms with Crippen LogP contribution >= 0.6 is 0 Å². The topological polar surface area (TPSA) is 59.8 Å². The summed E-state index contributed by atoms with van der Waals surface area (Å²) >= 11 is 0. The summed E-state index contributed by atoms with van der Waals surface area (Å²) in [6, 6.07) is 11.6. The fourth-order valence-corrected chi connectivity index (χ4v) is 2.73. The maximum Gasteiger partial charge on any atom is 0.248 e. The quantitative estimate of drug-likeness (QED) is 0.684. The second-order valence-corrected chi connectivity index (χ2v) is 6.38. The van der Waals surface area contributed by atoms with Crippen molar-refractivity contribution in [3.63, 3.8) is 0 Å². The second-order valence-electron chi connectivity index (χ2n) is 6.38. The van der Waals surface area contributed by atoms with Crippen molar-refractivity contribution in [2.45, 2.75) is 26.3 Å². The van der Waals surface area contributed by atoms with E-state index in [0.717, 1.165) is 29.2 Å². The third kappa shape index (κ3) is 4.66. The lowest BCUT2D eigenvalue weighted by Crippen LogP contribution is -2.09. The Bertz CT molecular complexity index is 897. The van der Waals surface area contributed by atoms with Crippen molar-refractivity contribution in [3.05, 3.63) is 84.2 Å². The fraction of sp³-hybridized carbons (Fsp3) is 0.190. The molecule has 3 aromatic rings. The number of pyridine rings is 1. The Morgan fingerprint density at radius 1 is 1.23 bits per heavy atom. The summed E-state index contributed by atoms with van der Waals surface area (Å²) in [5.41, 5.74) is 2.77. The molecule has 0 unspecified atom stereocenters. The van der Waals surface area contributed by atoms with E-state index in [2.05, 4.69) is 33.7 Å². The van der Waals surface area contributed by atoms with E-state index in [1.165, 1.54) is 6.08 Å². The SMILES string of the molecule is CC(C)c1nccn1Cc1cccc(NC(=O)C=Cc2cccnc2)c1. The second kappa shape index (κ2) is 8.25. The average Bonchev–Trinajstić information content (AvgIpc) is 3.09. The molecule has 0 saturated heterocycles. The van der Waals surface area contributed by atoms with Gasteiger partial charge < -0.3 is 9.88 Å². The molecule has 0 spiro atoms. The van der Waals surface area contributed by atoms with Gasteiger partial charge in [-0.05, 0) is 35.4 Å². The summed E-state index contributed by atoms with van der Waals surface area (Å²) in [5.74, 6) is 1.25. The van der Waals surface area contributed by atoms with Crippen LogP contribution in [0.3, 0.4) is 0 Å². The Kier molecular flexibility index (Phi) is 5.59. The molecule has 132 valence electrons. The van der Waals surface area contributed by atoms with Gasteiger partial charge in [-0.3, -0.25) is 9.78 Å². The Morgan fingerprint density at radius 3 is 2.88 bits per heavy atom. The van der Waals surface area contributed by atoms with Crippen LogP contribution in [0.25, 0.3) is 6.08 Å². The van der Waals surface area contributed by atoms with Crippen LogP contribution in [0.15, 0.2) is 67.3 Å². The average molecular weight is 346 g/mol. The monoisotopic (exact) mass is 346 g/mol. The third-order valence-electron chi connectivity index (χ3n) is 3.92. The molecule has 0 radical (unpaired) electrons. The number of aromatic nitrogens is 3. The number of anilines is 1. The molecule has 2 heterocycles. The largest absolute Gasteiger partial charge is 0.330 e. The number of hydrogen-bond acceptors (Lipinski definition) is 3. The summed E-state index contributed by atoms with van der Waals surface area (Å²) in [6.07, 6.45) is 10.5. The lowest BCUT2D eigenvalue weighted by Gasteiger charge is -2.11. The Hall–Kier alpha value is -3.21. The van der Waals surface area contributed by atoms with Gasteiger partial charge in [0.1, 0.15) is 5.82 Å². The Balaban J connectivity index is 1.66. The Labute approximate surface area is 153 Å². The molecule has 0 aliphatic heterocycles. The lowest BCUT2D eigenvalue weighted by molar-refractivity contribution is -0.111. The standard InChI is InChI=1S/C21H22N4O/c1-16(2)21-23-11-12-25(21)15-18-5-3-7-19(13-18)24-20(26)9-8-17-6-4-10-22-14-17/h3-14,16H,15H2,1-2H3,(H,24,26). The van der Waals surface area contributed by atoms with E-state index in [9.17, 15) is 4.79 Å². The van der Waals surface area contributed by atoms with Crippen LogP contribution in [0.4, 0.5) is 5.69 Å². The zero-order chi connectivity index (χ0) is 18.4. The lowest BCUT2D eigenvalue weighted by atomic mass is 10.1. The van der Waals surface area contributed by atoms with E-state index >= 15 is 0 Å². The summed E-state index contributed by atoms with van der Waals surface area (Å²) in [6.45, 7) is 4.98. The van der Waals surface area contributed by atoms with Crippen molar-refractivity contribution in [2.24, 2.45) is 0 Å². The zero-order valence-corrected chi connectivity index (χ0v) is 15.0. The van der Waals surface area contributed by atoms with Gasteiger partial charge in [-0.25, -0.2) is 4.98 Å². The van der Waals surface area contributed by atoms with Gasteiger partial charge in [0.25, 0.3) is 0 Å². The molecular formula is C21H22N4O. The van der Waals surface area contributed by atoms with Gasteiger partial charge in [-0.15, -0.1) is 0 Å². The normalized spacial score (nSPS) is 11.2. The molecule has 0 aliphatic carbocycles. The van der Waals surface area contributed by atoms with Crippen molar-refractivity contribution in [1.82, 2.24) is 14.5 Å². The van der Waals surface area contributed by atoms with Crippen molar-refractivity contribution in [2.75, 3.05) is 5.32 Å². The van der Waals surface area contributed by atoms with Crippen molar-refractivity contribution >= 4 is 17.7 Å². The van der Waals surface area contributed by atoms with Gasteiger partial charge >= 0.3 is 0 Å². The number of amides is 1. The summed E-state index contributed by atoms with van der Waals surface area (Å²) in [4.78, 5) is 20.6. The number of rotatable bonds is 6. The predicted octanol–water partition coefficient (Wildman–Crippen LogP) is 4.10. The highest BCUT2D eigenvalue weighted by Crippen LogP contribution is 2.16. The first-order valence-corrected chi connectivity index (χ1v) is 8.61. The molecule has 5 nitrogen and oxygen atoms in total. The molecule has 0 bridgehead atoms. The first-order chi connectivity index (χ1) is 12.6. The summed E-state index contributed by atoms with van der Waals surface area (Å²) in [5, 5.41) is 2.90. The molecule has 2 aromatic heterocycles. The van der Waals surface area contributed by atoms with E-state index in [-0.39, 0.29) is 5.91 Å². The van der Waals surface area contributed by atoms with Crippen LogP contribution < -0.4 is 5.32 Å². The fourth-order valence-electron chi connectivity index (χ4n) is 2.73. The van der Waals surface area contributed by atoms with Crippen molar-refractivity contribution < 1.29 is 4.79 Å². The summed E-state index contributed by atoms with van der Waals surface area (Å²) < 4.78 is 2.13. The maximum absolute atomic E-state index is 12.1. The minimum atomic E-state index is -0.170. The minimum absolute atomic E-state index is 0.170. The van der Waals surface area contributed by atoms with Crippen LogP contribution in [-0.4, -0.2) is 20.4 Å². The molecule has 0 saturated carbocycles. The number of hydrogen-bond donors (Lipinski definition) is 1. The van der Waals surface area contributed by atoms with Crippen LogP contribution in [0, 0.1) is 0 Å². The van der Waals surface area contributed by atoms with Crippen LogP contribution in [0.5, 0.6) is 0 Å². The molecule has 1 N–H and O–H groups in total. The number of nitrogens with one attached hydrogen (secondary N) is 1. The van der Waals surface area contributed by atoms with Crippen molar-refractivity contribution in [1.29, 1.82) is 0 Å². The van der Waals surface area contributed by atoms with Crippen LogP contribution in [0.1, 0.15) is 36.7 Å². The zero-order valence-electron chi connectivity index (χ0n) is 15.0. The molecule has 0 atom stereocenters. The summed E-state index contributed by atoms with van der Waals surface area (Å²) in [7, 11) is 0. The maximum atomic E-state index is 12.1. The molecule has 3 rings (SSSR count). The highest BCUT2D eigenvalue weighted by atomic mass is 16.1. The smallest absolute Gasteiger partial charge is 0.248 e. The van der Waals surface area contributed by atoms with Crippen molar-refractivity contribution in [3.8, 4) is 0 Å². The molecule has 0 fully saturated rings. The van der Waals surface area contributed by atoms with E-state index in [1.54, 1.807) is 18.5 Å². The van der Waals surface area contributed by atoms with Crippen LogP contribution in [-0.2, 0) is 11.3 Å². The van der Waals surface area contributed by atoms with Crippen LogP contribution in [0.2, 0.25) is 0 Å². The van der Waals surface area contributed by atoms with E-state index in [1.807, 2.05) is 48.8 Å². The van der Waals surface area contributed by atoms with Gasteiger partial charge in [-0.1, -0.05) is 32.0 Å². The molecule has 1 amide bonds. The molecule has 26 heavy (non-hydrogen) atoms. The van der Waals surface area contributed by atoms with Gasteiger partial charge in [0.2, 0.25) is 5.91 Å². The highest BCUT2D eigenvalue weighted by molar-refractivity contribution is 6.01. The number of carbonyl (C=O) groups is 1. The molecule has 0 aliphatic rings. The molecule has 5 heteroatoms. The number of nitrogens with zero attached hydrogens (tertiary/aromatic N) is 3. The number of benzene rings is 1. The van der Waals surface area contributed by atoms with Gasteiger partial charge in [0, 0.05) is 49.0 Å². The minimum Gasteiger partial charge on any atom is -0.330 e. The number of imidazole rings is 1. The molecular weight excluding hydrogens is 324 g/mol.